The van der Waals surface area contributed by atoms with Gasteiger partial charge in [0, 0.05) is 5.69 Å². The molecule has 0 radical (unpaired) electrons. The van der Waals surface area contributed by atoms with Crippen LogP contribution in [0.2, 0.25) is 0 Å². The zero-order chi connectivity index (χ0) is 14.5. The van der Waals surface area contributed by atoms with Crippen LogP contribution in [-0.2, 0) is 16.2 Å². The van der Waals surface area contributed by atoms with Gasteiger partial charge >= 0.3 is 5.97 Å². The maximum Gasteiger partial charge on any atom is 0.307 e. The van der Waals surface area contributed by atoms with Gasteiger partial charge in [0.15, 0.2) is 0 Å². The number of carbonyl (C=O) groups excluding carboxylic acids is 1. The smallest absolute Gasteiger partial charge is 0.307 e. The normalized spacial score (nSPS) is 21.4. The lowest BCUT2D eigenvalue weighted by Crippen LogP contribution is -2.34. The average molecular weight is 275 g/mol. The van der Waals surface area contributed by atoms with Crippen molar-refractivity contribution in [2.75, 3.05) is 5.32 Å². The van der Waals surface area contributed by atoms with Crippen LogP contribution in [0.4, 0.5) is 5.69 Å². The van der Waals surface area contributed by atoms with Crippen LogP contribution >= 0.6 is 0 Å². The Bertz CT molecular complexity index is 521. The van der Waals surface area contributed by atoms with E-state index in [2.05, 4.69) is 5.32 Å². The zero-order valence-corrected chi connectivity index (χ0v) is 11.0. The van der Waals surface area contributed by atoms with Gasteiger partial charge < -0.3 is 15.5 Å². The van der Waals surface area contributed by atoms with Crippen molar-refractivity contribution in [1.82, 2.24) is 0 Å². The predicted molar refractivity (Wildman–Crippen MR) is 74.0 cm³/mol. The molecule has 2 rings (SSSR count). The second-order valence-corrected chi connectivity index (χ2v) is 4.84. The van der Waals surface area contributed by atoms with Crippen LogP contribution in [0.5, 0.6) is 0 Å². The van der Waals surface area contributed by atoms with E-state index in [4.69, 9.17) is 10.2 Å². The number of benzene rings is 1. The third-order valence-corrected chi connectivity index (χ3v) is 3.49. The highest BCUT2D eigenvalue weighted by molar-refractivity contribution is 5.95. The van der Waals surface area contributed by atoms with Gasteiger partial charge in [-0.2, -0.15) is 0 Å². The first-order valence-corrected chi connectivity index (χ1v) is 6.50. The van der Waals surface area contributed by atoms with Crippen molar-refractivity contribution in [3.8, 4) is 0 Å². The van der Waals surface area contributed by atoms with Gasteiger partial charge in [-0.05, 0) is 30.5 Å². The molecule has 1 aliphatic carbocycles. The SMILES string of the molecule is O=C(O)C1CC=CCC1C(=O)Nc1ccc(CO)cc1. The van der Waals surface area contributed by atoms with Crippen molar-refractivity contribution < 1.29 is 19.8 Å². The molecule has 0 heterocycles. The maximum absolute atomic E-state index is 12.2. The summed E-state index contributed by atoms with van der Waals surface area (Å²) >= 11 is 0. The van der Waals surface area contributed by atoms with E-state index >= 15 is 0 Å². The number of hydrogen-bond donors (Lipinski definition) is 3. The standard InChI is InChI=1S/C15H17NO4/c17-9-10-5-7-11(8-6-10)16-14(18)12-3-1-2-4-13(12)15(19)20/h1-2,5-8,12-13,17H,3-4,9H2,(H,16,18)(H,19,20). The second kappa shape index (κ2) is 6.34. The van der Waals surface area contributed by atoms with Crippen LogP contribution in [0.25, 0.3) is 0 Å². The summed E-state index contributed by atoms with van der Waals surface area (Å²) in [5.41, 5.74) is 1.36. The number of anilines is 1. The molecule has 0 saturated carbocycles. The van der Waals surface area contributed by atoms with Crippen LogP contribution in [0, 0.1) is 11.8 Å². The predicted octanol–water partition coefficient (Wildman–Crippen LogP) is 1.78. The molecule has 2 unspecified atom stereocenters. The molecule has 3 N–H and O–H groups in total. The highest BCUT2D eigenvalue weighted by atomic mass is 16.4. The third kappa shape index (κ3) is 3.24. The van der Waals surface area contributed by atoms with Gasteiger partial charge in [-0.1, -0.05) is 24.3 Å². The minimum absolute atomic E-state index is 0.0528. The molecule has 0 aromatic heterocycles. The summed E-state index contributed by atoms with van der Waals surface area (Å²) in [6.45, 7) is -0.0528. The molecule has 0 aliphatic heterocycles. The molecular weight excluding hydrogens is 258 g/mol. The van der Waals surface area contributed by atoms with E-state index in [9.17, 15) is 9.59 Å². The van der Waals surface area contributed by atoms with E-state index in [1.807, 2.05) is 6.08 Å². The molecule has 1 aromatic rings. The van der Waals surface area contributed by atoms with E-state index in [1.165, 1.54) is 0 Å². The molecule has 1 aromatic carbocycles. The first-order chi connectivity index (χ1) is 9.61. The van der Waals surface area contributed by atoms with Crippen molar-refractivity contribution in [3.05, 3.63) is 42.0 Å². The summed E-state index contributed by atoms with van der Waals surface area (Å²) in [6.07, 6.45) is 4.48. The van der Waals surface area contributed by atoms with Crippen molar-refractivity contribution in [2.45, 2.75) is 19.4 Å². The molecule has 0 fully saturated rings. The molecule has 1 aliphatic rings. The number of amides is 1. The quantitative estimate of drug-likeness (QED) is 0.731. The summed E-state index contributed by atoms with van der Waals surface area (Å²) < 4.78 is 0. The van der Waals surface area contributed by atoms with Gasteiger partial charge in [-0.15, -0.1) is 0 Å². The Hall–Kier alpha value is -2.14. The van der Waals surface area contributed by atoms with E-state index in [0.29, 0.717) is 18.5 Å². The molecular formula is C15H17NO4. The lowest BCUT2D eigenvalue weighted by molar-refractivity contribution is -0.146. The Morgan fingerprint density at radius 3 is 2.25 bits per heavy atom. The maximum atomic E-state index is 12.2. The van der Waals surface area contributed by atoms with Gasteiger partial charge in [0.25, 0.3) is 0 Å². The highest BCUT2D eigenvalue weighted by Crippen LogP contribution is 2.27. The Labute approximate surface area is 116 Å². The van der Waals surface area contributed by atoms with Crippen molar-refractivity contribution >= 4 is 17.6 Å². The van der Waals surface area contributed by atoms with Crippen molar-refractivity contribution in [1.29, 1.82) is 0 Å². The molecule has 0 spiro atoms. The molecule has 0 saturated heterocycles. The Morgan fingerprint density at radius 2 is 1.70 bits per heavy atom. The van der Waals surface area contributed by atoms with Crippen LogP contribution in [0.3, 0.4) is 0 Å². The lowest BCUT2D eigenvalue weighted by Gasteiger charge is -2.24. The first kappa shape index (κ1) is 14.3. The summed E-state index contributed by atoms with van der Waals surface area (Å²) in [5.74, 6) is -2.43. The third-order valence-electron chi connectivity index (χ3n) is 3.49. The fourth-order valence-electron chi connectivity index (χ4n) is 2.31. The topological polar surface area (TPSA) is 86.6 Å². The number of rotatable bonds is 4. The molecule has 0 bridgehead atoms. The van der Waals surface area contributed by atoms with Crippen molar-refractivity contribution in [2.24, 2.45) is 11.8 Å². The number of carboxylic acids is 1. The van der Waals surface area contributed by atoms with E-state index < -0.39 is 17.8 Å². The zero-order valence-electron chi connectivity index (χ0n) is 11.0. The largest absolute Gasteiger partial charge is 0.481 e. The summed E-state index contributed by atoms with van der Waals surface area (Å²) in [4.78, 5) is 23.3. The lowest BCUT2D eigenvalue weighted by atomic mass is 9.82. The van der Waals surface area contributed by atoms with Crippen molar-refractivity contribution in [3.63, 3.8) is 0 Å². The van der Waals surface area contributed by atoms with Crippen LogP contribution in [0.1, 0.15) is 18.4 Å². The number of aliphatic hydroxyl groups excluding tert-OH is 1. The van der Waals surface area contributed by atoms with E-state index in [-0.39, 0.29) is 12.5 Å². The number of aliphatic hydroxyl groups is 1. The van der Waals surface area contributed by atoms with Gasteiger partial charge in [-0.25, -0.2) is 0 Å². The fourth-order valence-corrected chi connectivity index (χ4v) is 2.31. The number of nitrogens with one attached hydrogen (secondary N) is 1. The number of allylic oxidation sites excluding steroid dienone is 2. The van der Waals surface area contributed by atoms with Gasteiger partial charge in [0.2, 0.25) is 5.91 Å². The summed E-state index contributed by atoms with van der Waals surface area (Å²) in [7, 11) is 0. The van der Waals surface area contributed by atoms with E-state index in [1.54, 1.807) is 30.3 Å². The Balaban J connectivity index is 2.06. The monoisotopic (exact) mass is 275 g/mol. The minimum Gasteiger partial charge on any atom is -0.481 e. The second-order valence-electron chi connectivity index (χ2n) is 4.84. The van der Waals surface area contributed by atoms with Gasteiger partial charge in [-0.3, -0.25) is 9.59 Å². The molecule has 5 nitrogen and oxygen atoms in total. The number of aliphatic carboxylic acids is 1. The Kier molecular flexibility index (Phi) is 4.53. The fraction of sp³-hybridized carbons (Fsp3) is 0.333. The molecule has 106 valence electrons. The van der Waals surface area contributed by atoms with Gasteiger partial charge in [0.1, 0.15) is 0 Å². The average Bonchev–Trinajstić information content (AvgIpc) is 2.48. The molecule has 5 heteroatoms. The summed E-state index contributed by atoms with van der Waals surface area (Å²) in [6, 6.07) is 6.81. The summed E-state index contributed by atoms with van der Waals surface area (Å²) in [5, 5.41) is 20.8. The first-order valence-electron chi connectivity index (χ1n) is 6.50. The van der Waals surface area contributed by atoms with Crippen LogP contribution in [0.15, 0.2) is 36.4 Å². The molecule has 20 heavy (non-hydrogen) atoms. The highest BCUT2D eigenvalue weighted by Gasteiger charge is 2.33. The minimum atomic E-state index is -0.940. The van der Waals surface area contributed by atoms with Gasteiger partial charge in [0.05, 0.1) is 18.4 Å². The Morgan fingerprint density at radius 1 is 1.10 bits per heavy atom. The number of carbonyl (C=O) groups is 2. The number of carboxylic acid groups (broad SMARTS) is 1. The van der Waals surface area contributed by atoms with E-state index in [0.717, 1.165) is 5.56 Å². The molecule has 2 atom stereocenters. The number of hydrogen-bond acceptors (Lipinski definition) is 3. The van der Waals surface area contributed by atoms with Crippen LogP contribution < -0.4 is 5.32 Å². The van der Waals surface area contributed by atoms with Crippen LogP contribution in [-0.4, -0.2) is 22.1 Å². The molecule has 1 amide bonds.